The zero-order valence-electron chi connectivity index (χ0n) is 17.7. The molecule has 3 aromatic carbocycles. The molecule has 0 radical (unpaired) electrons. The van der Waals surface area contributed by atoms with Crippen LogP contribution in [0, 0.1) is 0 Å². The van der Waals surface area contributed by atoms with Crippen molar-refractivity contribution in [1.82, 2.24) is 9.66 Å². The predicted octanol–water partition coefficient (Wildman–Crippen LogP) is 4.56. The minimum Gasteiger partial charge on any atom is -0.280 e. The molecule has 1 heterocycles. The van der Waals surface area contributed by atoms with Gasteiger partial charge in [-0.1, -0.05) is 43.7 Å². The highest BCUT2D eigenvalue weighted by atomic mass is 32.2. The van der Waals surface area contributed by atoms with E-state index in [0.29, 0.717) is 5.69 Å². The lowest BCUT2D eigenvalue weighted by Gasteiger charge is -2.11. The summed E-state index contributed by atoms with van der Waals surface area (Å²) in [7, 11) is -3.84. The van der Waals surface area contributed by atoms with E-state index in [0.717, 1.165) is 30.3 Å². The van der Waals surface area contributed by atoms with E-state index in [2.05, 4.69) is 22.1 Å². The number of amides is 1. The number of aryl methyl sites for hydroxylation is 1. The normalized spacial score (nSPS) is 11.4. The Morgan fingerprint density at radius 1 is 1.00 bits per heavy atom. The number of nitrogens with zero attached hydrogens (tertiary/aromatic N) is 2. The number of imidazole rings is 1. The molecular formula is C24H24N4O3S. The lowest BCUT2D eigenvalue weighted by atomic mass is 10.1. The van der Waals surface area contributed by atoms with Crippen molar-refractivity contribution in [2.45, 2.75) is 31.1 Å². The first-order valence-electron chi connectivity index (χ1n) is 10.4. The lowest BCUT2D eigenvalue weighted by Crippen LogP contribution is -2.22. The quantitative estimate of drug-likeness (QED) is 0.413. The van der Waals surface area contributed by atoms with Crippen LogP contribution in [0.5, 0.6) is 0 Å². The van der Waals surface area contributed by atoms with Gasteiger partial charge in [0, 0.05) is 11.3 Å². The Morgan fingerprint density at radius 2 is 1.78 bits per heavy atom. The molecule has 0 saturated carbocycles. The summed E-state index contributed by atoms with van der Waals surface area (Å²) in [6, 6.07) is 20.7. The summed E-state index contributed by atoms with van der Waals surface area (Å²) in [5.74, 6) is -0.439. The van der Waals surface area contributed by atoms with Gasteiger partial charge in [-0.15, -0.1) is 0 Å². The van der Waals surface area contributed by atoms with Crippen LogP contribution in [-0.4, -0.2) is 24.0 Å². The summed E-state index contributed by atoms with van der Waals surface area (Å²) in [5.41, 5.74) is 6.09. The molecule has 1 aromatic heterocycles. The van der Waals surface area contributed by atoms with Crippen molar-refractivity contribution in [2.24, 2.45) is 0 Å². The number of nitrogens with one attached hydrogen (secondary N) is 2. The Morgan fingerprint density at radius 3 is 2.56 bits per heavy atom. The molecule has 2 N–H and O–H groups in total. The summed E-state index contributed by atoms with van der Waals surface area (Å²) < 4.78 is 29.8. The minimum atomic E-state index is -3.84. The number of carbonyl (C=O) groups is 1. The second kappa shape index (κ2) is 9.23. The zero-order chi connectivity index (χ0) is 22.6. The van der Waals surface area contributed by atoms with E-state index in [1.165, 1.54) is 28.7 Å². The fraction of sp³-hybridized carbons (Fsp3) is 0.167. The fourth-order valence-electron chi connectivity index (χ4n) is 3.36. The standard InChI is InChI=1S/C24H24N4O3S/c1-2-3-7-18-12-14-20(15-13-18)27-32(30,31)21-9-6-8-19(16-21)24(29)26-28-17-25-22-10-4-5-11-23(22)28/h4-6,8-17,27H,2-3,7H2,1H3,(H,26,29). The van der Waals surface area contributed by atoms with Crippen LogP contribution in [0.25, 0.3) is 11.0 Å². The molecule has 0 aliphatic rings. The van der Waals surface area contributed by atoms with Crippen molar-refractivity contribution in [1.29, 1.82) is 0 Å². The number of hydrogen-bond acceptors (Lipinski definition) is 4. The van der Waals surface area contributed by atoms with E-state index >= 15 is 0 Å². The number of sulfonamides is 1. The van der Waals surface area contributed by atoms with Crippen LogP contribution in [0.3, 0.4) is 0 Å². The second-order valence-electron chi connectivity index (χ2n) is 7.48. The number of fused-ring (bicyclic) bond motifs is 1. The molecule has 4 rings (SSSR count). The van der Waals surface area contributed by atoms with E-state index in [1.54, 1.807) is 24.3 Å². The number of carbonyl (C=O) groups excluding carboxylic acids is 1. The minimum absolute atomic E-state index is 0.00991. The van der Waals surface area contributed by atoms with Crippen molar-refractivity contribution in [3.63, 3.8) is 0 Å². The van der Waals surface area contributed by atoms with Crippen molar-refractivity contribution in [3.05, 3.63) is 90.3 Å². The van der Waals surface area contributed by atoms with Gasteiger partial charge in [0.05, 0.1) is 15.9 Å². The molecule has 0 aliphatic heterocycles. The highest BCUT2D eigenvalue weighted by molar-refractivity contribution is 7.92. The van der Waals surface area contributed by atoms with Crippen LogP contribution in [0.15, 0.2) is 84.0 Å². The third kappa shape index (κ3) is 4.81. The Hall–Kier alpha value is -3.65. The number of benzene rings is 3. The van der Waals surface area contributed by atoms with Crippen molar-refractivity contribution < 1.29 is 13.2 Å². The van der Waals surface area contributed by atoms with Crippen LogP contribution in [0.4, 0.5) is 5.69 Å². The van der Waals surface area contributed by atoms with Gasteiger partial charge in [-0.2, -0.15) is 0 Å². The first-order chi connectivity index (χ1) is 15.5. The number of anilines is 1. The Kier molecular flexibility index (Phi) is 6.23. The molecule has 32 heavy (non-hydrogen) atoms. The largest absolute Gasteiger partial charge is 0.280 e. The highest BCUT2D eigenvalue weighted by Gasteiger charge is 2.17. The molecule has 0 atom stereocenters. The van der Waals surface area contributed by atoms with E-state index < -0.39 is 15.9 Å². The van der Waals surface area contributed by atoms with Crippen LogP contribution in [0.1, 0.15) is 35.7 Å². The monoisotopic (exact) mass is 448 g/mol. The van der Waals surface area contributed by atoms with Gasteiger partial charge in [-0.05, 0) is 60.9 Å². The van der Waals surface area contributed by atoms with E-state index in [-0.39, 0.29) is 10.5 Å². The maximum Gasteiger partial charge on any atom is 0.270 e. The Bertz CT molecular complexity index is 1350. The molecule has 1 amide bonds. The van der Waals surface area contributed by atoms with Crippen molar-refractivity contribution >= 4 is 32.7 Å². The first kappa shape index (κ1) is 21.6. The molecule has 8 heteroatoms. The van der Waals surface area contributed by atoms with E-state index in [4.69, 9.17) is 0 Å². The SMILES string of the molecule is CCCCc1ccc(NS(=O)(=O)c2cccc(C(=O)Nn3cnc4ccccc43)c2)cc1. The Labute approximate surface area is 187 Å². The molecule has 0 saturated heterocycles. The number of rotatable bonds is 8. The Balaban J connectivity index is 1.50. The van der Waals surface area contributed by atoms with Gasteiger partial charge in [0.25, 0.3) is 15.9 Å². The molecule has 0 aliphatic carbocycles. The predicted molar refractivity (Wildman–Crippen MR) is 126 cm³/mol. The molecule has 0 unspecified atom stereocenters. The van der Waals surface area contributed by atoms with Crippen LogP contribution in [0.2, 0.25) is 0 Å². The highest BCUT2D eigenvalue weighted by Crippen LogP contribution is 2.19. The van der Waals surface area contributed by atoms with Gasteiger partial charge in [0.2, 0.25) is 0 Å². The van der Waals surface area contributed by atoms with E-state index in [9.17, 15) is 13.2 Å². The number of aromatic nitrogens is 2. The number of para-hydroxylation sites is 2. The second-order valence-corrected chi connectivity index (χ2v) is 9.16. The molecule has 164 valence electrons. The van der Waals surface area contributed by atoms with Crippen molar-refractivity contribution in [2.75, 3.05) is 10.1 Å². The van der Waals surface area contributed by atoms with E-state index in [1.807, 2.05) is 36.4 Å². The lowest BCUT2D eigenvalue weighted by molar-refractivity contribution is 0.101. The van der Waals surface area contributed by atoms with Crippen molar-refractivity contribution in [3.8, 4) is 0 Å². The van der Waals surface area contributed by atoms with Crippen LogP contribution in [-0.2, 0) is 16.4 Å². The molecule has 0 spiro atoms. The van der Waals surface area contributed by atoms with Gasteiger partial charge >= 0.3 is 0 Å². The van der Waals surface area contributed by atoms with Gasteiger partial charge in [0.1, 0.15) is 6.33 Å². The first-order valence-corrected chi connectivity index (χ1v) is 11.9. The summed E-state index contributed by atoms with van der Waals surface area (Å²) in [4.78, 5) is 17.0. The summed E-state index contributed by atoms with van der Waals surface area (Å²) in [5, 5.41) is 0. The molecule has 7 nitrogen and oxygen atoms in total. The maximum atomic E-state index is 12.9. The smallest absolute Gasteiger partial charge is 0.270 e. The third-order valence-corrected chi connectivity index (χ3v) is 6.49. The molecule has 0 fully saturated rings. The van der Waals surface area contributed by atoms with Gasteiger partial charge in [-0.25, -0.2) is 18.1 Å². The summed E-state index contributed by atoms with van der Waals surface area (Å²) in [6.07, 6.45) is 4.67. The molecule has 0 bridgehead atoms. The van der Waals surface area contributed by atoms with Gasteiger partial charge in [-0.3, -0.25) is 14.9 Å². The van der Waals surface area contributed by atoms with Gasteiger partial charge < -0.3 is 0 Å². The summed E-state index contributed by atoms with van der Waals surface area (Å²) >= 11 is 0. The van der Waals surface area contributed by atoms with Crippen LogP contribution < -0.4 is 10.1 Å². The fourth-order valence-corrected chi connectivity index (χ4v) is 4.47. The molecule has 4 aromatic rings. The number of hydrogen-bond donors (Lipinski definition) is 2. The number of unbranched alkanes of at least 4 members (excludes halogenated alkanes) is 1. The van der Waals surface area contributed by atoms with Gasteiger partial charge in [0.15, 0.2) is 0 Å². The third-order valence-electron chi connectivity index (χ3n) is 5.11. The van der Waals surface area contributed by atoms with Crippen LogP contribution >= 0.6 is 0 Å². The average Bonchev–Trinajstić information content (AvgIpc) is 3.21. The maximum absolute atomic E-state index is 12.9. The average molecular weight is 449 g/mol. The molecular weight excluding hydrogens is 424 g/mol. The topological polar surface area (TPSA) is 93.1 Å². The zero-order valence-corrected chi connectivity index (χ0v) is 18.5. The summed E-state index contributed by atoms with van der Waals surface area (Å²) in [6.45, 7) is 2.13.